The van der Waals surface area contributed by atoms with Crippen molar-refractivity contribution in [3.8, 4) is 11.5 Å². The molecule has 0 spiro atoms. The summed E-state index contributed by atoms with van der Waals surface area (Å²) >= 11 is 0. The van der Waals surface area contributed by atoms with Crippen LogP contribution in [0, 0.1) is 0 Å². The Bertz CT molecular complexity index is 442. The Morgan fingerprint density at radius 3 is 2.90 bits per heavy atom. The molecule has 2 rings (SSSR count). The SMILES string of the molecule is COc1cccc(OCC(=O)N2CCNC(C)C2)c1.Cl. The van der Waals surface area contributed by atoms with Gasteiger partial charge in [-0.25, -0.2) is 0 Å². The third kappa shape index (κ3) is 4.58. The summed E-state index contributed by atoms with van der Waals surface area (Å²) in [5, 5.41) is 3.30. The van der Waals surface area contributed by atoms with E-state index in [1.807, 2.05) is 23.1 Å². The van der Waals surface area contributed by atoms with Crippen molar-refractivity contribution in [3.05, 3.63) is 24.3 Å². The monoisotopic (exact) mass is 300 g/mol. The van der Waals surface area contributed by atoms with Crippen LogP contribution < -0.4 is 14.8 Å². The second-order valence-corrected chi connectivity index (χ2v) is 4.66. The van der Waals surface area contributed by atoms with Gasteiger partial charge >= 0.3 is 0 Å². The van der Waals surface area contributed by atoms with Crippen molar-refractivity contribution in [2.75, 3.05) is 33.4 Å². The summed E-state index contributed by atoms with van der Waals surface area (Å²) in [6.45, 7) is 4.46. The molecule has 1 aromatic rings. The first kappa shape index (κ1) is 16.6. The van der Waals surface area contributed by atoms with Crippen molar-refractivity contribution < 1.29 is 14.3 Å². The predicted molar refractivity (Wildman–Crippen MR) is 79.8 cm³/mol. The van der Waals surface area contributed by atoms with Gasteiger partial charge in [0.05, 0.1) is 7.11 Å². The van der Waals surface area contributed by atoms with E-state index in [1.54, 1.807) is 13.2 Å². The Morgan fingerprint density at radius 2 is 2.20 bits per heavy atom. The van der Waals surface area contributed by atoms with Gasteiger partial charge in [-0.2, -0.15) is 0 Å². The van der Waals surface area contributed by atoms with Crippen LogP contribution in [0.25, 0.3) is 0 Å². The van der Waals surface area contributed by atoms with Crippen LogP contribution in [0.15, 0.2) is 24.3 Å². The van der Waals surface area contributed by atoms with Crippen molar-refractivity contribution in [3.63, 3.8) is 0 Å². The number of methoxy groups -OCH3 is 1. The molecule has 1 aliphatic heterocycles. The number of carbonyl (C=O) groups is 1. The molecule has 1 aromatic carbocycles. The Labute approximate surface area is 125 Å². The van der Waals surface area contributed by atoms with E-state index < -0.39 is 0 Å². The normalized spacial score (nSPS) is 18.1. The maximum Gasteiger partial charge on any atom is 0.260 e. The first-order valence-corrected chi connectivity index (χ1v) is 6.47. The summed E-state index contributed by atoms with van der Waals surface area (Å²) in [7, 11) is 1.60. The highest BCUT2D eigenvalue weighted by molar-refractivity contribution is 5.85. The van der Waals surface area contributed by atoms with E-state index in [0.29, 0.717) is 11.8 Å². The topological polar surface area (TPSA) is 50.8 Å². The van der Waals surface area contributed by atoms with E-state index >= 15 is 0 Å². The summed E-state index contributed by atoms with van der Waals surface area (Å²) in [6.07, 6.45) is 0. The molecule has 1 fully saturated rings. The lowest BCUT2D eigenvalue weighted by atomic mass is 10.2. The van der Waals surface area contributed by atoms with Crippen LogP contribution in [-0.2, 0) is 4.79 Å². The molecule has 1 unspecified atom stereocenters. The van der Waals surface area contributed by atoms with Gasteiger partial charge < -0.3 is 19.7 Å². The lowest BCUT2D eigenvalue weighted by molar-refractivity contribution is -0.134. The molecule has 6 heteroatoms. The first-order valence-electron chi connectivity index (χ1n) is 6.47. The van der Waals surface area contributed by atoms with Crippen LogP contribution >= 0.6 is 12.4 Å². The average Bonchev–Trinajstić information content (AvgIpc) is 2.45. The lowest BCUT2D eigenvalue weighted by Crippen LogP contribution is -2.52. The molecular weight excluding hydrogens is 280 g/mol. The fourth-order valence-corrected chi connectivity index (χ4v) is 2.09. The van der Waals surface area contributed by atoms with Gasteiger partial charge in [-0.3, -0.25) is 4.79 Å². The molecule has 0 saturated carbocycles. The van der Waals surface area contributed by atoms with E-state index in [-0.39, 0.29) is 24.9 Å². The van der Waals surface area contributed by atoms with Crippen LogP contribution in [-0.4, -0.2) is 50.2 Å². The summed E-state index contributed by atoms with van der Waals surface area (Å²) in [4.78, 5) is 13.8. The smallest absolute Gasteiger partial charge is 0.260 e. The minimum absolute atomic E-state index is 0. The molecule has 1 N–H and O–H groups in total. The van der Waals surface area contributed by atoms with Crippen LogP contribution in [0.4, 0.5) is 0 Å². The number of carbonyl (C=O) groups excluding carboxylic acids is 1. The predicted octanol–water partition coefficient (Wildman–Crippen LogP) is 1.32. The Morgan fingerprint density at radius 1 is 1.45 bits per heavy atom. The maximum absolute atomic E-state index is 12.0. The summed E-state index contributed by atoms with van der Waals surface area (Å²) < 4.78 is 10.6. The molecule has 0 aliphatic carbocycles. The summed E-state index contributed by atoms with van der Waals surface area (Å²) in [6, 6.07) is 7.61. The zero-order valence-corrected chi connectivity index (χ0v) is 12.6. The minimum Gasteiger partial charge on any atom is -0.497 e. The van der Waals surface area contributed by atoms with E-state index in [1.165, 1.54) is 0 Å². The van der Waals surface area contributed by atoms with Gasteiger partial charge in [0, 0.05) is 31.7 Å². The summed E-state index contributed by atoms with van der Waals surface area (Å²) in [5.41, 5.74) is 0. The number of ether oxygens (including phenoxy) is 2. The number of halogens is 1. The van der Waals surface area contributed by atoms with E-state index in [4.69, 9.17) is 9.47 Å². The molecule has 1 saturated heterocycles. The number of hydrogen-bond donors (Lipinski definition) is 1. The number of amides is 1. The van der Waals surface area contributed by atoms with Crippen molar-refractivity contribution in [2.24, 2.45) is 0 Å². The van der Waals surface area contributed by atoms with Crippen molar-refractivity contribution in [2.45, 2.75) is 13.0 Å². The minimum atomic E-state index is 0. The highest BCUT2D eigenvalue weighted by Crippen LogP contribution is 2.18. The molecule has 1 atom stereocenters. The number of hydrogen-bond acceptors (Lipinski definition) is 4. The average molecular weight is 301 g/mol. The van der Waals surface area contributed by atoms with Crippen molar-refractivity contribution in [1.82, 2.24) is 10.2 Å². The third-order valence-corrected chi connectivity index (χ3v) is 3.12. The highest BCUT2D eigenvalue weighted by atomic mass is 35.5. The van der Waals surface area contributed by atoms with Crippen LogP contribution in [0.3, 0.4) is 0 Å². The Balaban J connectivity index is 0.00000200. The lowest BCUT2D eigenvalue weighted by Gasteiger charge is -2.31. The van der Waals surface area contributed by atoms with E-state index in [2.05, 4.69) is 12.2 Å². The van der Waals surface area contributed by atoms with E-state index in [0.717, 1.165) is 25.4 Å². The van der Waals surface area contributed by atoms with Gasteiger partial charge in [-0.05, 0) is 19.1 Å². The molecular formula is C14H21ClN2O3. The maximum atomic E-state index is 12.0. The first-order chi connectivity index (χ1) is 9.19. The second-order valence-electron chi connectivity index (χ2n) is 4.66. The molecule has 112 valence electrons. The fourth-order valence-electron chi connectivity index (χ4n) is 2.09. The van der Waals surface area contributed by atoms with Gasteiger partial charge in [0.1, 0.15) is 11.5 Å². The number of benzene rings is 1. The van der Waals surface area contributed by atoms with Gasteiger partial charge in [-0.15, -0.1) is 12.4 Å². The van der Waals surface area contributed by atoms with Crippen LogP contribution in [0.5, 0.6) is 11.5 Å². The number of nitrogens with one attached hydrogen (secondary N) is 1. The molecule has 20 heavy (non-hydrogen) atoms. The van der Waals surface area contributed by atoms with Gasteiger partial charge in [0.2, 0.25) is 0 Å². The number of rotatable bonds is 4. The Kier molecular flexibility index (Phi) is 6.61. The van der Waals surface area contributed by atoms with Crippen LogP contribution in [0.2, 0.25) is 0 Å². The second kappa shape index (κ2) is 7.97. The third-order valence-electron chi connectivity index (χ3n) is 3.12. The summed E-state index contributed by atoms with van der Waals surface area (Å²) in [5.74, 6) is 1.40. The molecule has 0 radical (unpaired) electrons. The van der Waals surface area contributed by atoms with Gasteiger partial charge in [0.25, 0.3) is 5.91 Å². The number of piperazine rings is 1. The zero-order chi connectivity index (χ0) is 13.7. The number of nitrogens with zero attached hydrogens (tertiary/aromatic N) is 1. The fraction of sp³-hybridized carbons (Fsp3) is 0.500. The molecule has 1 aliphatic rings. The van der Waals surface area contributed by atoms with Gasteiger partial charge in [-0.1, -0.05) is 6.07 Å². The van der Waals surface area contributed by atoms with Crippen molar-refractivity contribution >= 4 is 18.3 Å². The quantitative estimate of drug-likeness (QED) is 0.911. The van der Waals surface area contributed by atoms with E-state index in [9.17, 15) is 4.79 Å². The molecule has 1 amide bonds. The standard InChI is InChI=1S/C14H20N2O3.ClH/c1-11-9-16(7-6-15-11)14(17)10-19-13-5-3-4-12(8-13)18-2;/h3-5,8,11,15H,6-7,9-10H2,1-2H3;1H. The highest BCUT2D eigenvalue weighted by Gasteiger charge is 2.20. The Hall–Kier alpha value is -1.46. The molecule has 0 aromatic heterocycles. The zero-order valence-electron chi connectivity index (χ0n) is 11.8. The van der Waals surface area contributed by atoms with Crippen molar-refractivity contribution in [1.29, 1.82) is 0 Å². The van der Waals surface area contributed by atoms with Gasteiger partial charge in [0.15, 0.2) is 6.61 Å². The van der Waals surface area contributed by atoms with Crippen LogP contribution in [0.1, 0.15) is 6.92 Å². The molecule has 0 bridgehead atoms. The largest absolute Gasteiger partial charge is 0.497 e. The molecule has 1 heterocycles. The molecule has 5 nitrogen and oxygen atoms in total.